The molecule has 0 radical (unpaired) electrons. The lowest BCUT2D eigenvalue weighted by Gasteiger charge is -2.46. The Morgan fingerprint density at radius 3 is 2.88 bits per heavy atom. The zero-order chi connectivity index (χ0) is 16.4. The summed E-state index contributed by atoms with van der Waals surface area (Å²) in [5.74, 6) is 0.0167. The molecule has 2 aliphatic heterocycles. The third kappa shape index (κ3) is 1.66. The molecule has 0 fully saturated rings. The second-order valence-corrected chi connectivity index (χ2v) is 6.84. The number of H-pyrrole nitrogens is 1. The Kier molecular flexibility index (Phi) is 2.77. The number of benzene rings is 2. The normalized spacial score (nSPS) is 19.2. The van der Waals surface area contributed by atoms with Crippen LogP contribution in [0.15, 0.2) is 42.5 Å². The maximum Gasteiger partial charge on any atom is 0.259 e. The van der Waals surface area contributed by atoms with Crippen LogP contribution >= 0.6 is 11.6 Å². The summed E-state index contributed by atoms with van der Waals surface area (Å²) in [7, 11) is 2.03. The first kappa shape index (κ1) is 13.9. The number of aromatic amines is 1. The molecule has 4 nitrogen and oxygen atoms in total. The van der Waals surface area contributed by atoms with E-state index < -0.39 is 0 Å². The Balaban J connectivity index is 1.75. The monoisotopic (exact) mass is 337 g/mol. The van der Waals surface area contributed by atoms with Crippen LogP contribution in [0.2, 0.25) is 5.02 Å². The number of fused-ring (bicyclic) bond motifs is 6. The van der Waals surface area contributed by atoms with Gasteiger partial charge in [-0.15, -0.1) is 0 Å². The van der Waals surface area contributed by atoms with Crippen LogP contribution in [0.1, 0.15) is 27.8 Å². The first-order chi connectivity index (χ1) is 11.7. The molecule has 5 rings (SSSR count). The van der Waals surface area contributed by atoms with Crippen molar-refractivity contribution < 1.29 is 4.79 Å². The van der Waals surface area contributed by atoms with Crippen LogP contribution < -0.4 is 4.90 Å². The molecule has 24 heavy (non-hydrogen) atoms. The topological polar surface area (TPSA) is 39.3 Å². The van der Waals surface area contributed by atoms with Crippen LogP contribution in [0, 0.1) is 0 Å². The maximum atomic E-state index is 13.0. The number of nitrogens with one attached hydrogen (secondary N) is 1. The molecule has 0 saturated heterocycles. The SMILES string of the molecule is CN1c2cccc(Cl)c2C(=O)N2CCc3c([nH]c4ccccc34)[C@H]21. The van der Waals surface area contributed by atoms with E-state index in [0.717, 1.165) is 23.3 Å². The summed E-state index contributed by atoms with van der Waals surface area (Å²) in [6.45, 7) is 0.702. The number of carbonyl (C=O) groups excluding carboxylic acids is 1. The minimum atomic E-state index is -0.111. The van der Waals surface area contributed by atoms with Crippen molar-refractivity contribution in [2.45, 2.75) is 12.6 Å². The summed E-state index contributed by atoms with van der Waals surface area (Å²) < 4.78 is 0. The van der Waals surface area contributed by atoms with Crippen LogP contribution in [0.4, 0.5) is 5.69 Å². The predicted molar refractivity (Wildman–Crippen MR) is 95.6 cm³/mol. The van der Waals surface area contributed by atoms with E-state index in [0.29, 0.717) is 17.1 Å². The Morgan fingerprint density at radius 2 is 2.00 bits per heavy atom. The number of para-hydroxylation sites is 1. The average molecular weight is 338 g/mol. The molecule has 1 aromatic heterocycles. The molecule has 1 amide bonds. The van der Waals surface area contributed by atoms with Crippen LogP contribution in [0.25, 0.3) is 10.9 Å². The van der Waals surface area contributed by atoms with Crippen LogP contribution in [-0.4, -0.2) is 29.4 Å². The van der Waals surface area contributed by atoms with E-state index in [4.69, 9.17) is 11.6 Å². The van der Waals surface area contributed by atoms with Gasteiger partial charge in [-0.1, -0.05) is 35.9 Å². The van der Waals surface area contributed by atoms with Gasteiger partial charge in [-0.3, -0.25) is 4.79 Å². The number of amides is 1. The molecular formula is C19H16ClN3O. The predicted octanol–water partition coefficient (Wildman–Crippen LogP) is 3.97. The lowest BCUT2D eigenvalue weighted by atomic mass is 9.96. The first-order valence-electron chi connectivity index (χ1n) is 8.08. The molecule has 0 aliphatic carbocycles. The Hall–Kier alpha value is -2.46. The highest BCUT2D eigenvalue weighted by Gasteiger charge is 2.42. The molecular weight excluding hydrogens is 322 g/mol. The van der Waals surface area contributed by atoms with Gasteiger partial charge in [0, 0.05) is 24.5 Å². The summed E-state index contributed by atoms with van der Waals surface area (Å²) in [6, 6.07) is 14.0. The number of anilines is 1. The summed E-state index contributed by atoms with van der Waals surface area (Å²) >= 11 is 6.32. The summed E-state index contributed by atoms with van der Waals surface area (Å²) in [5.41, 5.74) is 5.06. The van der Waals surface area contributed by atoms with Crippen molar-refractivity contribution in [3.63, 3.8) is 0 Å². The van der Waals surface area contributed by atoms with Gasteiger partial charge in [0.15, 0.2) is 0 Å². The van der Waals surface area contributed by atoms with E-state index in [-0.39, 0.29) is 12.1 Å². The number of rotatable bonds is 0. The van der Waals surface area contributed by atoms with E-state index in [1.807, 2.05) is 30.1 Å². The fourth-order valence-corrected chi connectivity index (χ4v) is 4.38. The van der Waals surface area contributed by atoms with Gasteiger partial charge in [0.1, 0.15) is 6.17 Å². The molecule has 0 spiro atoms. The smallest absolute Gasteiger partial charge is 0.259 e. The van der Waals surface area contributed by atoms with Gasteiger partial charge < -0.3 is 14.8 Å². The largest absolute Gasteiger partial charge is 0.355 e. The highest BCUT2D eigenvalue weighted by Crippen LogP contribution is 2.44. The van der Waals surface area contributed by atoms with E-state index >= 15 is 0 Å². The van der Waals surface area contributed by atoms with Crippen molar-refractivity contribution in [3.05, 3.63) is 64.3 Å². The van der Waals surface area contributed by atoms with Gasteiger partial charge in [0.05, 0.1) is 22.0 Å². The molecule has 0 bridgehead atoms. The van der Waals surface area contributed by atoms with Crippen LogP contribution in [0.3, 0.4) is 0 Å². The van der Waals surface area contributed by atoms with Crippen molar-refractivity contribution in [3.8, 4) is 0 Å². The number of hydrogen-bond donors (Lipinski definition) is 1. The fraction of sp³-hybridized carbons (Fsp3) is 0.211. The molecule has 120 valence electrons. The lowest BCUT2D eigenvalue weighted by Crippen LogP contribution is -2.51. The van der Waals surface area contributed by atoms with E-state index in [2.05, 4.69) is 28.1 Å². The van der Waals surface area contributed by atoms with Crippen molar-refractivity contribution in [1.82, 2.24) is 9.88 Å². The van der Waals surface area contributed by atoms with Crippen molar-refractivity contribution in [2.24, 2.45) is 0 Å². The number of carbonyl (C=O) groups is 1. The molecule has 1 N–H and O–H groups in total. The molecule has 2 aliphatic rings. The standard InChI is InChI=1S/C19H16ClN3O/c1-22-15-8-4-6-13(20)16(15)19(24)23-10-9-12-11-5-2-3-7-14(11)21-17(12)18(22)23/h2-8,18,21H,9-10H2,1H3/t18-/m0/s1. The van der Waals surface area contributed by atoms with Gasteiger partial charge in [-0.25, -0.2) is 0 Å². The van der Waals surface area contributed by atoms with E-state index in [1.165, 1.54) is 10.9 Å². The molecule has 5 heteroatoms. The van der Waals surface area contributed by atoms with Gasteiger partial charge in [0.25, 0.3) is 5.91 Å². The van der Waals surface area contributed by atoms with Gasteiger partial charge in [-0.2, -0.15) is 0 Å². The highest BCUT2D eigenvalue weighted by molar-refractivity contribution is 6.34. The van der Waals surface area contributed by atoms with E-state index in [1.54, 1.807) is 6.07 Å². The molecule has 0 unspecified atom stereocenters. The number of hydrogen-bond acceptors (Lipinski definition) is 2. The van der Waals surface area contributed by atoms with Crippen molar-refractivity contribution in [1.29, 1.82) is 0 Å². The molecule has 0 saturated carbocycles. The van der Waals surface area contributed by atoms with Crippen LogP contribution in [0.5, 0.6) is 0 Å². The Morgan fingerprint density at radius 1 is 1.17 bits per heavy atom. The van der Waals surface area contributed by atoms with Crippen molar-refractivity contribution in [2.75, 3.05) is 18.5 Å². The second-order valence-electron chi connectivity index (χ2n) is 6.43. The highest BCUT2D eigenvalue weighted by atomic mass is 35.5. The summed E-state index contributed by atoms with van der Waals surface area (Å²) in [5, 5.41) is 1.77. The average Bonchev–Trinajstić information content (AvgIpc) is 2.97. The Labute approximate surface area is 144 Å². The van der Waals surface area contributed by atoms with Crippen LogP contribution in [-0.2, 0) is 6.42 Å². The Bertz CT molecular complexity index is 993. The third-order valence-electron chi connectivity index (χ3n) is 5.22. The van der Waals surface area contributed by atoms with Gasteiger partial charge >= 0.3 is 0 Å². The quantitative estimate of drug-likeness (QED) is 0.674. The summed E-state index contributed by atoms with van der Waals surface area (Å²) in [4.78, 5) is 20.7. The molecule has 2 aromatic carbocycles. The minimum absolute atomic E-state index is 0.0167. The number of nitrogens with zero attached hydrogens (tertiary/aromatic N) is 2. The van der Waals surface area contributed by atoms with Crippen molar-refractivity contribution >= 4 is 34.1 Å². The van der Waals surface area contributed by atoms with Gasteiger partial charge in [0.2, 0.25) is 0 Å². The molecule has 3 heterocycles. The second kappa shape index (κ2) is 4.77. The number of halogens is 1. The zero-order valence-electron chi connectivity index (χ0n) is 13.2. The van der Waals surface area contributed by atoms with Gasteiger partial charge in [-0.05, 0) is 30.2 Å². The molecule has 1 atom stereocenters. The zero-order valence-corrected chi connectivity index (χ0v) is 14.0. The summed E-state index contributed by atoms with van der Waals surface area (Å²) in [6.07, 6.45) is 0.745. The van der Waals surface area contributed by atoms with E-state index in [9.17, 15) is 4.79 Å². The third-order valence-corrected chi connectivity index (χ3v) is 5.53. The number of aromatic nitrogens is 1. The molecule has 3 aromatic rings. The maximum absolute atomic E-state index is 13.0. The first-order valence-corrected chi connectivity index (χ1v) is 8.46. The lowest BCUT2D eigenvalue weighted by molar-refractivity contribution is 0.0635. The minimum Gasteiger partial charge on any atom is -0.355 e. The fourth-order valence-electron chi connectivity index (χ4n) is 4.13.